The number of para-hydroxylation sites is 1. The molecule has 0 aromatic heterocycles. The number of rotatable bonds is 1. The number of halogens is 1. The summed E-state index contributed by atoms with van der Waals surface area (Å²) in [6.07, 6.45) is 0.693. The third kappa shape index (κ3) is 1.95. The van der Waals surface area contributed by atoms with E-state index in [2.05, 4.69) is 5.32 Å². The van der Waals surface area contributed by atoms with Gasteiger partial charge in [-0.15, -0.1) is 0 Å². The van der Waals surface area contributed by atoms with E-state index < -0.39 is 5.72 Å². The van der Waals surface area contributed by atoms with Crippen molar-refractivity contribution in [1.29, 1.82) is 0 Å². The maximum Gasteiger partial charge on any atom is 0.325 e. The summed E-state index contributed by atoms with van der Waals surface area (Å²) < 4.78 is 6.19. The molecule has 1 fully saturated rings. The van der Waals surface area contributed by atoms with Crippen LogP contribution in [0.2, 0.25) is 5.02 Å². The Kier molecular flexibility index (Phi) is 2.84. The molecule has 2 aromatic rings. The molecule has 112 valence electrons. The highest BCUT2D eigenvalue weighted by atomic mass is 35.5. The lowest BCUT2D eigenvalue weighted by atomic mass is 9.90. The highest BCUT2D eigenvalue weighted by Gasteiger charge is 2.49. The van der Waals surface area contributed by atoms with Gasteiger partial charge in [-0.3, -0.25) is 4.90 Å². The molecule has 1 saturated heterocycles. The standard InChI is InChI=1S/C17H15ClN2O2/c1-17-10-14(13-4-2-3-5-15(13)22-17)19-16(21)20(17)12-8-6-11(18)7-9-12/h2-9,14H,10H2,1H3,(H,19,21)/t14-,17-/m1/s1. The molecule has 2 amide bonds. The van der Waals surface area contributed by atoms with Crippen LogP contribution in [-0.2, 0) is 0 Å². The SMILES string of the molecule is C[C@@]12C[C@@H](NC(=O)N1c1ccc(Cl)cc1)c1ccccc1O2. The van der Waals surface area contributed by atoms with E-state index in [0.717, 1.165) is 17.0 Å². The number of urea groups is 1. The van der Waals surface area contributed by atoms with Crippen molar-refractivity contribution in [3.8, 4) is 5.75 Å². The molecule has 0 aliphatic carbocycles. The summed E-state index contributed by atoms with van der Waals surface area (Å²) in [5, 5.41) is 3.70. The van der Waals surface area contributed by atoms with Crippen LogP contribution in [0.25, 0.3) is 0 Å². The van der Waals surface area contributed by atoms with E-state index in [1.165, 1.54) is 0 Å². The minimum Gasteiger partial charge on any atom is -0.467 e. The van der Waals surface area contributed by atoms with Gasteiger partial charge in [-0.2, -0.15) is 0 Å². The fraction of sp³-hybridized carbons (Fsp3) is 0.235. The predicted octanol–water partition coefficient (Wildman–Crippen LogP) is 4.11. The highest BCUT2D eigenvalue weighted by molar-refractivity contribution is 6.30. The van der Waals surface area contributed by atoms with Gasteiger partial charge in [0, 0.05) is 22.7 Å². The molecule has 2 aromatic carbocycles. The zero-order valence-corrected chi connectivity index (χ0v) is 12.8. The van der Waals surface area contributed by atoms with Crippen LogP contribution in [0.3, 0.4) is 0 Å². The number of amides is 2. The number of hydrogen-bond acceptors (Lipinski definition) is 2. The molecule has 2 aliphatic rings. The highest BCUT2D eigenvalue weighted by Crippen LogP contribution is 2.45. The summed E-state index contributed by atoms with van der Waals surface area (Å²) in [4.78, 5) is 14.3. The van der Waals surface area contributed by atoms with E-state index in [4.69, 9.17) is 16.3 Å². The van der Waals surface area contributed by atoms with Gasteiger partial charge in [0.15, 0.2) is 5.72 Å². The fourth-order valence-electron chi connectivity index (χ4n) is 3.30. The first-order valence-corrected chi connectivity index (χ1v) is 7.59. The Labute approximate surface area is 133 Å². The Balaban J connectivity index is 1.80. The van der Waals surface area contributed by atoms with Crippen molar-refractivity contribution in [3.63, 3.8) is 0 Å². The lowest BCUT2D eigenvalue weighted by Gasteiger charge is -2.50. The lowest BCUT2D eigenvalue weighted by Crippen LogP contribution is -2.65. The average Bonchev–Trinajstić information content (AvgIpc) is 2.48. The maximum atomic E-state index is 12.6. The molecule has 2 heterocycles. The molecular formula is C17H15ClN2O2. The van der Waals surface area contributed by atoms with Gasteiger partial charge in [-0.05, 0) is 37.3 Å². The van der Waals surface area contributed by atoms with Crippen LogP contribution in [0.4, 0.5) is 10.5 Å². The summed E-state index contributed by atoms with van der Waals surface area (Å²) in [6.45, 7) is 1.95. The van der Waals surface area contributed by atoms with Gasteiger partial charge in [0.05, 0.1) is 6.04 Å². The zero-order valence-electron chi connectivity index (χ0n) is 12.0. The van der Waals surface area contributed by atoms with Crippen LogP contribution in [0.15, 0.2) is 48.5 Å². The Hall–Kier alpha value is -2.20. The number of carbonyl (C=O) groups excluding carboxylic acids is 1. The van der Waals surface area contributed by atoms with Crippen molar-refractivity contribution in [2.24, 2.45) is 0 Å². The summed E-state index contributed by atoms with van der Waals surface area (Å²) >= 11 is 5.94. The molecule has 22 heavy (non-hydrogen) atoms. The molecular weight excluding hydrogens is 300 g/mol. The molecule has 0 spiro atoms. The summed E-state index contributed by atoms with van der Waals surface area (Å²) in [5.74, 6) is 0.820. The van der Waals surface area contributed by atoms with Gasteiger partial charge in [-0.25, -0.2) is 4.79 Å². The van der Waals surface area contributed by atoms with Crippen molar-refractivity contribution in [3.05, 3.63) is 59.1 Å². The van der Waals surface area contributed by atoms with Crippen LogP contribution in [0, 0.1) is 0 Å². The van der Waals surface area contributed by atoms with E-state index in [0.29, 0.717) is 11.4 Å². The first-order chi connectivity index (χ1) is 10.6. The second-order valence-electron chi connectivity index (χ2n) is 5.83. The van der Waals surface area contributed by atoms with E-state index in [-0.39, 0.29) is 12.1 Å². The van der Waals surface area contributed by atoms with Crippen molar-refractivity contribution < 1.29 is 9.53 Å². The molecule has 1 N–H and O–H groups in total. The van der Waals surface area contributed by atoms with E-state index in [1.807, 2.05) is 43.3 Å². The minimum absolute atomic E-state index is 0.0222. The van der Waals surface area contributed by atoms with Crippen LogP contribution in [-0.4, -0.2) is 11.8 Å². The number of hydrogen-bond donors (Lipinski definition) is 1. The first-order valence-electron chi connectivity index (χ1n) is 7.21. The largest absolute Gasteiger partial charge is 0.467 e. The quantitative estimate of drug-likeness (QED) is 0.860. The number of fused-ring (bicyclic) bond motifs is 4. The molecule has 2 bridgehead atoms. The number of carbonyl (C=O) groups is 1. The topological polar surface area (TPSA) is 41.6 Å². The number of nitrogens with one attached hydrogen (secondary N) is 1. The third-order valence-corrected chi connectivity index (χ3v) is 4.52. The van der Waals surface area contributed by atoms with Gasteiger partial charge >= 0.3 is 6.03 Å². The average molecular weight is 315 g/mol. The zero-order chi connectivity index (χ0) is 15.3. The Bertz CT molecular complexity index is 747. The van der Waals surface area contributed by atoms with Gasteiger partial charge in [0.2, 0.25) is 0 Å². The van der Waals surface area contributed by atoms with Gasteiger partial charge in [-0.1, -0.05) is 29.8 Å². The van der Waals surface area contributed by atoms with E-state index in [1.54, 1.807) is 17.0 Å². The van der Waals surface area contributed by atoms with Crippen LogP contribution in [0.1, 0.15) is 24.9 Å². The normalized spacial score (nSPS) is 26.0. The molecule has 2 atom stereocenters. The second kappa shape index (κ2) is 4.65. The van der Waals surface area contributed by atoms with Crippen molar-refractivity contribution in [2.75, 3.05) is 4.90 Å². The third-order valence-electron chi connectivity index (χ3n) is 4.27. The minimum atomic E-state index is -0.713. The van der Waals surface area contributed by atoms with Crippen molar-refractivity contribution in [1.82, 2.24) is 5.32 Å². The monoisotopic (exact) mass is 314 g/mol. The maximum absolute atomic E-state index is 12.6. The molecule has 0 saturated carbocycles. The number of anilines is 1. The second-order valence-corrected chi connectivity index (χ2v) is 6.27. The summed E-state index contributed by atoms with van der Waals surface area (Å²) in [7, 11) is 0. The smallest absolute Gasteiger partial charge is 0.325 e. The molecule has 4 rings (SSSR count). The fourth-order valence-corrected chi connectivity index (χ4v) is 3.43. The van der Waals surface area contributed by atoms with E-state index >= 15 is 0 Å². The number of nitrogens with zero attached hydrogens (tertiary/aromatic N) is 1. The van der Waals surface area contributed by atoms with Gasteiger partial charge < -0.3 is 10.1 Å². The van der Waals surface area contributed by atoms with Crippen LogP contribution in [0.5, 0.6) is 5.75 Å². The predicted molar refractivity (Wildman–Crippen MR) is 85.3 cm³/mol. The molecule has 2 aliphatic heterocycles. The summed E-state index contributed by atoms with van der Waals surface area (Å²) in [6, 6.07) is 14.9. The number of ether oxygens (including phenoxy) is 1. The molecule has 0 radical (unpaired) electrons. The van der Waals surface area contributed by atoms with Gasteiger partial charge in [0.1, 0.15) is 5.75 Å². The molecule has 0 unspecified atom stereocenters. The van der Waals surface area contributed by atoms with Crippen LogP contribution < -0.4 is 15.0 Å². The molecule has 4 nitrogen and oxygen atoms in total. The number of benzene rings is 2. The summed E-state index contributed by atoms with van der Waals surface area (Å²) in [5.41, 5.74) is 1.08. The Morgan fingerprint density at radius 2 is 1.95 bits per heavy atom. The Morgan fingerprint density at radius 1 is 1.23 bits per heavy atom. The van der Waals surface area contributed by atoms with Crippen molar-refractivity contribution >= 4 is 23.3 Å². The molecule has 5 heteroatoms. The lowest BCUT2D eigenvalue weighted by molar-refractivity contribution is 0.0379. The van der Waals surface area contributed by atoms with E-state index in [9.17, 15) is 4.79 Å². The van der Waals surface area contributed by atoms with Crippen LogP contribution >= 0.6 is 11.6 Å². The van der Waals surface area contributed by atoms with Crippen molar-refractivity contribution in [2.45, 2.75) is 25.1 Å². The van der Waals surface area contributed by atoms with Gasteiger partial charge in [0.25, 0.3) is 0 Å². The Morgan fingerprint density at radius 3 is 2.73 bits per heavy atom. The first kappa shape index (κ1) is 13.5.